The normalized spacial score (nSPS) is 11.8. The molecule has 4 rings (SSSR count). The number of non-ortho nitro benzene ring substituents is 1. The van der Waals surface area contributed by atoms with Crippen molar-refractivity contribution >= 4 is 32.6 Å². The molecule has 9 heteroatoms. The first kappa shape index (κ1) is 24.2. The minimum atomic E-state index is -3.76. The molecule has 1 aromatic heterocycles. The molecule has 178 valence electrons. The Morgan fingerprint density at radius 2 is 1.71 bits per heavy atom. The number of hydrogen-bond acceptors (Lipinski definition) is 6. The van der Waals surface area contributed by atoms with Crippen molar-refractivity contribution in [3.8, 4) is 11.1 Å². The zero-order chi connectivity index (χ0) is 24.7. The van der Waals surface area contributed by atoms with Gasteiger partial charge in [0.15, 0.2) is 0 Å². The maximum atomic E-state index is 13.2. The quantitative estimate of drug-likeness (QED) is 0.194. The van der Waals surface area contributed by atoms with Gasteiger partial charge in [-0.15, -0.1) is 0 Å². The summed E-state index contributed by atoms with van der Waals surface area (Å²) in [7, 11) is -3.76. The molecule has 0 amide bonds. The van der Waals surface area contributed by atoms with Gasteiger partial charge in [0, 0.05) is 54.9 Å². The van der Waals surface area contributed by atoms with Crippen molar-refractivity contribution in [2.75, 3.05) is 19.6 Å². The number of fused-ring (bicyclic) bond motifs is 1. The van der Waals surface area contributed by atoms with Crippen molar-refractivity contribution in [1.29, 1.82) is 0 Å². The van der Waals surface area contributed by atoms with Crippen molar-refractivity contribution < 1.29 is 13.3 Å². The molecule has 0 spiro atoms. The summed E-state index contributed by atoms with van der Waals surface area (Å²) in [6.45, 7) is 1.17. The van der Waals surface area contributed by atoms with Crippen molar-refractivity contribution in [3.63, 3.8) is 0 Å². The molecule has 0 unspecified atom stereocenters. The molecule has 2 N–H and O–H groups in total. The van der Waals surface area contributed by atoms with Crippen LogP contribution in [0.2, 0.25) is 0 Å². The Kier molecular flexibility index (Phi) is 7.61. The summed E-state index contributed by atoms with van der Waals surface area (Å²) < 4.78 is 29.0. The maximum absolute atomic E-state index is 13.2. The topological polar surface area (TPSA) is 114 Å². The summed E-state index contributed by atoms with van der Waals surface area (Å²) in [5.74, 6) is 0. The van der Waals surface area contributed by atoms with Gasteiger partial charge in [-0.05, 0) is 47.0 Å². The third-order valence-electron chi connectivity index (χ3n) is 5.38. The number of aromatic nitrogens is 1. The highest BCUT2D eigenvalue weighted by Gasteiger charge is 2.18. The van der Waals surface area contributed by atoms with Crippen molar-refractivity contribution in [1.82, 2.24) is 15.0 Å². The lowest BCUT2D eigenvalue weighted by molar-refractivity contribution is -0.384. The Morgan fingerprint density at radius 1 is 0.943 bits per heavy atom. The predicted molar refractivity (Wildman–Crippen MR) is 137 cm³/mol. The third kappa shape index (κ3) is 6.15. The van der Waals surface area contributed by atoms with E-state index in [-0.39, 0.29) is 17.1 Å². The van der Waals surface area contributed by atoms with Crippen LogP contribution in [0.3, 0.4) is 0 Å². The second-order valence-electron chi connectivity index (χ2n) is 7.79. The summed E-state index contributed by atoms with van der Waals surface area (Å²) in [6, 6.07) is 21.2. The lowest BCUT2D eigenvalue weighted by Gasteiger charge is -2.12. The third-order valence-corrected chi connectivity index (χ3v) is 6.88. The highest BCUT2D eigenvalue weighted by Crippen LogP contribution is 2.30. The minimum absolute atomic E-state index is 0.0471. The van der Waals surface area contributed by atoms with Gasteiger partial charge in [0.25, 0.3) is 5.69 Å². The van der Waals surface area contributed by atoms with Crippen molar-refractivity contribution in [2.24, 2.45) is 0 Å². The summed E-state index contributed by atoms with van der Waals surface area (Å²) in [5.41, 5.74) is 2.63. The van der Waals surface area contributed by atoms with Crippen molar-refractivity contribution in [3.05, 3.63) is 107 Å². The number of rotatable bonds is 10. The summed E-state index contributed by atoms with van der Waals surface area (Å²) in [4.78, 5) is 14.6. The van der Waals surface area contributed by atoms with Gasteiger partial charge < -0.3 is 5.32 Å². The van der Waals surface area contributed by atoms with Crippen LogP contribution in [0, 0.1) is 10.1 Å². The molecule has 3 aromatic carbocycles. The Labute approximate surface area is 203 Å². The molecule has 1 heterocycles. The molecular weight excluding hydrogens is 464 g/mol. The molecule has 0 aliphatic heterocycles. The number of pyridine rings is 1. The molecule has 0 saturated carbocycles. The van der Waals surface area contributed by atoms with Crippen LogP contribution in [-0.4, -0.2) is 38.0 Å². The van der Waals surface area contributed by atoms with Gasteiger partial charge in [-0.3, -0.25) is 15.1 Å². The van der Waals surface area contributed by atoms with Crippen LogP contribution in [-0.2, 0) is 10.0 Å². The molecule has 0 saturated heterocycles. The fourth-order valence-corrected chi connectivity index (χ4v) is 4.92. The molecule has 0 atom stereocenters. The number of hydrogen-bond donors (Lipinski definition) is 2. The van der Waals surface area contributed by atoms with E-state index >= 15 is 0 Å². The van der Waals surface area contributed by atoms with Crippen LogP contribution >= 0.6 is 0 Å². The van der Waals surface area contributed by atoms with E-state index in [4.69, 9.17) is 0 Å². The molecule has 8 nitrogen and oxygen atoms in total. The van der Waals surface area contributed by atoms with Gasteiger partial charge in [0.1, 0.15) is 0 Å². The Hall–Kier alpha value is -3.92. The first-order valence-electron chi connectivity index (χ1n) is 11.0. The SMILES string of the molecule is O=[N+]([O-])c1ccc(C=CCNCCNS(=O)(=O)c2cc(-c3ccccc3)cc3cnccc23)cc1. The number of sulfonamides is 1. The second-order valence-corrected chi connectivity index (χ2v) is 9.53. The predicted octanol–water partition coefficient (Wildman–Crippen LogP) is 4.39. The van der Waals surface area contributed by atoms with E-state index < -0.39 is 14.9 Å². The van der Waals surface area contributed by atoms with Crippen LogP contribution in [0.25, 0.3) is 28.0 Å². The molecule has 0 aliphatic carbocycles. The number of nitrogens with one attached hydrogen (secondary N) is 2. The zero-order valence-corrected chi connectivity index (χ0v) is 19.6. The van der Waals surface area contributed by atoms with Crippen molar-refractivity contribution in [2.45, 2.75) is 4.90 Å². The van der Waals surface area contributed by atoms with Gasteiger partial charge in [-0.2, -0.15) is 0 Å². The smallest absolute Gasteiger partial charge is 0.269 e. The number of nitrogens with zero attached hydrogens (tertiary/aromatic N) is 2. The van der Waals surface area contributed by atoms with Gasteiger partial charge >= 0.3 is 0 Å². The van der Waals surface area contributed by atoms with Gasteiger partial charge in [-0.25, -0.2) is 13.1 Å². The van der Waals surface area contributed by atoms with Gasteiger partial charge in [-0.1, -0.05) is 42.5 Å². The largest absolute Gasteiger partial charge is 0.312 e. The molecule has 0 aliphatic rings. The van der Waals surface area contributed by atoms with E-state index in [1.807, 2.05) is 48.6 Å². The lowest BCUT2D eigenvalue weighted by Crippen LogP contribution is -2.32. The van der Waals surface area contributed by atoms with E-state index in [1.54, 1.807) is 36.7 Å². The Morgan fingerprint density at radius 3 is 2.46 bits per heavy atom. The van der Waals surface area contributed by atoms with Crippen LogP contribution in [0.15, 0.2) is 96.2 Å². The summed E-state index contributed by atoms with van der Waals surface area (Å²) in [6.07, 6.45) is 6.97. The average molecular weight is 489 g/mol. The number of benzene rings is 3. The summed E-state index contributed by atoms with van der Waals surface area (Å²) >= 11 is 0. The molecule has 0 fully saturated rings. The highest BCUT2D eigenvalue weighted by atomic mass is 32.2. The number of nitro groups is 1. The highest BCUT2D eigenvalue weighted by molar-refractivity contribution is 7.89. The van der Waals surface area contributed by atoms with E-state index in [9.17, 15) is 18.5 Å². The molecular formula is C26H24N4O4S. The van der Waals surface area contributed by atoms with E-state index in [2.05, 4.69) is 15.0 Å². The van der Waals surface area contributed by atoms with Crippen LogP contribution in [0.1, 0.15) is 5.56 Å². The Balaban J connectivity index is 1.38. The van der Waals surface area contributed by atoms with E-state index in [0.717, 1.165) is 22.1 Å². The fraction of sp³-hybridized carbons (Fsp3) is 0.115. The summed E-state index contributed by atoms with van der Waals surface area (Å²) in [5, 5.41) is 15.2. The standard InChI is InChI=1S/C26H24N4O4S/c31-30(32)24-10-8-20(9-11-24)5-4-13-27-15-16-29-35(33,34)26-18-22(21-6-2-1-3-7-21)17-23-19-28-14-12-25(23)26/h1-12,14,17-19,27,29H,13,15-16H2. The Bertz CT molecular complexity index is 1450. The molecule has 0 bridgehead atoms. The minimum Gasteiger partial charge on any atom is -0.312 e. The van der Waals surface area contributed by atoms with Gasteiger partial charge in [0.2, 0.25) is 10.0 Å². The lowest BCUT2D eigenvalue weighted by atomic mass is 10.0. The van der Waals surface area contributed by atoms with Crippen LogP contribution in [0.4, 0.5) is 5.69 Å². The zero-order valence-electron chi connectivity index (χ0n) is 18.8. The maximum Gasteiger partial charge on any atom is 0.269 e. The van der Waals surface area contributed by atoms with Crippen LogP contribution in [0.5, 0.6) is 0 Å². The fourth-order valence-electron chi connectivity index (χ4n) is 3.63. The second kappa shape index (κ2) is 11.0. The average Bonchev–Trinajstić information content (AvgIpc) is 2.88. The monoisotopic (exact) mass is 488 g/mol. The van der Waals surface area contributed by atoms with Crippen LogP contribution < -0.4 is 10.0 Å². The first-order chi connectivity index (χ1) is 16.9. The molecule has 0 radical (unpaired) electrons. The molecule has 35 heavy (non-hydrogen) atoms. The van der Waals surface area contributed by atoms with E-state index in [0.29, 0.717) is 18.5 Å². The van der Waals surface area contributed by atoms with Gasteiger partial charge in [0.05, 0.1) is 9.82 Å². The number of nitro benzene ring substituents is 1. The molecule has 4 aromatic rings. The first-order valence-corrected chi connectivity index (χ1v) is 12.5. The van der Waals surface area contributed by atoms with E-state index in [1.165, 1.54) is 12.1 Å².